The van der Waals surface area contributed by atoms with Crippen molar-refractivity contribution in [3.05, 3.63) is 29.5 Å². The van der Waals surface area contributed by atoms with Crippen LogP contribution in [0.5, 0.6) is 0 Å². The first kappa shape index (κ1) is 15.0. The van der Waals surface area contributed by atoms with E-state index in [0.717, 1.165) is 10.9 Å². The van der Waals surface area contributed by atoms with E-state index in [9.17, 15) is 15.3 Å². The number of aryl methyl sites for hydroxylation is 1. The van der Waals surface area contributed by atoms with E-state index >= 15 is 0 Å². The van der Waals surface area contributed by atoms with Gasteiger partial charge in [-0.25, -0.2) is 9.97 Å². The van der Waals surface area contributed by atoms with Crippen LogP contribution in [0, 0.1) is 6.92 Å². The van der Waals surface area contributed by atoms with Gasteiger partial charge in [0.05, 0.1) is 12.0 Å². The summed E-state index contributed by atoms with van der Waals surface area (Å²) in [7, 11) is 0. The highest BCUT2D eigenvalue weighted by molar-refractivity contribution is 6.05. The zero-order chi connectivity index (χ0) is 18.8. The molecule has 3 aromatic rings. The molecule has 1 unspecified atom stereocenters. The third-order valence-corrected chi connectivity index (χ3v) is 4.84. The van der Waals surface area contributed by atoms with Crippen molar-refractivity contribution in [2.75, 3.05) is 6.61 Å². The number of hydrogen-bond donors (Lipinski definition) is 4. The topological polar surface area (TPSA) is 116 Å². The van der Waals surface area contributed by atoms with Crippen molar-refractivity contribution in [2.45, 2.75) is 37.9 Å². The average Bonchev–Trinajstić information content (AvgIpc) is 2.99. The Morgan fingerprint density at radius 2 is 2.28 bits per heavy atom. The van der Waals surface area contributed by atoms with Crippen molar-refractivity contribution in [3.63, 3.8) is 0 Å². The van der Waals surface area contributed by atoms with Gasteiger partial charge in [-0.15, -0.1) is 0 Å². The van der Waals surface area contributed by atoms with Gasteiger partial charge in [-0.3, -0.25) is 0 Å². The molecule has 0 spiro atoms. The first-order chi connectivity index (χ1) is 12.2. The number of nitrogens with one attached hydrogen (secondary N) is 1. The number of H-pyrrole nitrogens is 1. The average molecular weight is 346 g/mol. The van der Waals surface area contributed by atoms with Crippen LogP contribution in [-0.2, 0) is 4.74 Å². The van der Waals surface area contributed by atoms with Crippen LogP contribution >= 0.6 is 0 Å². The Balaban J connectivity index is 2.06. The monoisotopic (exact) mass is 346 g/mol. The maximum atomic E-state index is 10.8. The van der Waals surface area contributed by atoms with Crippen molar-refractivity contribution in [1.29, 1.82) is 0 Å². The molecule has 0 radical (unpaired) electrons. The SMILES string of the molecule is [3H]c1nc2[nH]c(=C)cc(C)c3cn([C@@H]4O[C@H](CO)[C@@H](O)C4(C)O)c(n1)c23. The summed E-state index contributed by atoms with van der Waals surface area (Å²) in [6.07, 6.45) is -1.62. The first-order valence-electron chi connectivity index (χ1n) is 8.44. The molecule has 4 atom stereocenters. The molecule has 1 saturated heterocycles. The van der Waals surface area contributed by atoms with Crippen LogP contribution in [-0.4, -0.2) is 59.3 Å². The molecule has 4 N–H and O–H groups in total. The van der Waals surface area contributed by atoms with E-state index in [-0.39, 0.29) is 6.30 Å². The van der Waals surface area contributed by atoms with Crippen molar-refractivity contribution >= 4 is 28.6 Å². The van der Waals surface area contributed by atoms with E-state index in [2.05, 4.69) is 21.5 Å². The second-order valence-electron chi connectivity index (χ2n) is 6.68. The van der Waals surface area contributed by atoms with Crippen molar-refractivity contribution in [1.82, 2.24) is 19.5 Å². The first-order valence-corrected chi connectivity index (χ1v) is 7.94. The van der Waals surface area contributed by atoms with Crippen LogP contribution in [0.2, 0.25) is 0 Å². The fourth-order valence-corrected chi connectivity index (χ4v) is 3.53. The summed E-state index contributed by atoms with van der Waals surface area (Å²) in [6.45, 7) is 6.85. The third-order valence-electron chi connectivity index (χ3n) is 4.84. The Morgan fingerprint density at radius 3 is 2.96 bits per heavy atom. The van der Waals surface area contributed by atoms with Gasteiger partial charge < -0.3 is 29.6 Å². The van der Waals surface area contributed by atoms with E-state index in [1.165, 1.54) is 6.92 Å². The largest absolute Gasteiger partial charge is 0.394 e. The lowest BCUT2D eigenvalue weighted by Crippen LogP contribution is -2.44. The summed E-state index contributed by atoms with van der Waals surface area (Å²) in [5.41, 5.74) is 0.0934. The molecule has 3 aromatic heterocycles. The fourth-order valence-electron chi connectivity index (χ4n) is 3.53. The predicted octanol–water partition coefficient (Wildman–Crippen LogP) is -0.0860. The number of rotatable bonds is 2. The molecule has 0 amide bonds. The van der Waals surface area contributed by atoms with Gasteiger partial charge in [0.25, 0.3) is 0 Å². The molecule has 132 valence electrons. The molecule has 25 heavy (non-hydrogen) atoms. The minimum atomic E-state index is -1.65. The Bertz CT molecular complexity index is 1070. The molecular formula is C17H20N4O4. The van der Waals surface area contributed by atoms with Gasteiger partial charge in [-0.1, -0.05) is 6.58 Å². The number of hydrogen-bond acceptors (Lipinski definition) is 6. The summed E-state index contributed by atoms with van der Waals surface area (Å²) in [5, 5.41) is 32.6. The molecule has 1 aliphatic heterocycles. The van der Waals surface area contributed by atoms with Gasteiger partial charge in [0.1, 0.15) is 36.8 Å². The molecule has 8 nitrogen and oxygen atoms in total. The van der Waals surface area contributed by atoms with Crippen LogP contribution in [0.15, 0.2) is 18.6 Å². The van der Waals surface area contributed by atoms with E-state index in [4.69, 9.17) is 6.11 Å². The quantitative estimate of drug-likeness (QED) is 0.515. The number of aliphatic hydroxyl groups excluding tert-OH is 2. The molecule has 8 heteroatoms. The Kier molecular flexibility index (Phi) is 3.23. The summed E-state index contributed by atoms with van der Waals surface area (Å²) in [5.74, 6) is 0. The lowest BCUT2D eigenvalue weighted by Gasteiger charge is -2.27. The van der Waals surface area contributed by atoms with E-state index < -0.39 is 30.6 Å². The zero-order valence-corrected chi connectivity index (χ0v) is 13.9. The number of nitrogens with zero attached hydrogens (tertiary/aromatic N) is 3. The molecule has 1 fully saturated rings. The summed E-state index contributed by atoms with van der Waals surface area (Å²) in [4.78, 5) is 11.4. The minimum Gasteiger partial charge on any atom is -0.394 e. The van der Waals surface area contributed by atoms with Crippen LogP contribution in [0.25, 0.3) is 28.6 Å². The van der Waals surface area contributed by atoms with Crippen LogP contribution < -0.4 is 5.35 Å². The molecular weight excluding hydrogens is 324 g/mol. The van der Waals surface area contributed by atoms with Crippen molar-refractivity contribution in [3.8, 4) is 0 Å². The van der Waals surface area contributed by atoms with Gasteiger partial charge in [0, 0.05) is 16.9 Å². The third kappa shape index (κ3) is 2.22. The van der Waals surface area contributed by atoms with E-state index in [1.807, 2.05) is 13.0 Å². The smallest absolute Gasteiger partial charge is 0.167 e. The Morgan fingerprint density at radius 1 is 1.52 bits per heavy atom. The molecule has 0 bridgehead atoms. The van der Waals surface area contributed by atoms with E-state index in [1.54, 1.807) is 10.8 Å². The van der Waals surface area contributed by atoms with E-state index in [0.29, 0.717) is 22.0 Å². The van der Waals surface area contributed by atoms with Crippen molar-refractivity contribution in [2.24, 2.45) is 0 Å². The molecule has 4 heterocycles. The van der Waals surface area contributed by atoms with Gasteiger partial charge in [0.15, 0.2) is 6.23 Å². The fraction of sp³-hybridized carbons (Fsp3) is 0.412. The van der Waals surface area contributed by atoms with Gasteiger partial charge in [-0.2, -0.15) is 0 Å². The maximum Gasteiger partial charge on any atom is 0.167 e. The molecule has 1 aliphatic rings. The number of aromatic amines is 1. The zero-order valence-electron chi connectivity index (χ0n) is 14.9. The number of ether oxygens (including phenoxy) is 1. The van der Waals surface area contributed by atoms with Gasteiger partial charge >= 0.3 is 0 Å². The normalized spacial score (nSPS) is 30.3. The summed E-state index contributed by atoms with van der Waals surface area (Å²) < 4.78 is 15.2. The molecule has 0 aliphatic carbocycles. The predicted molar refractivity (Wildman–Crippen MR) is 91.3 cm³/mol. The Hall–Kier alpha value is -2.26. The van der Waals surface area contributed by atoms with Gasteiger partial charge in [0.2, 0.25) is 0 Å². The molecule has 0 aromatic carbocycles. The lowest BCUT2D eigenvalue weighted by molar-refractivity contribution is -0.0947. The highest BCUT2D eigenvalue weighted by Gasteiger charge is 2.53. The highest BCUT2D eigenvalue weighted by atomic mass is 16.6. The number of aromatic nitrogens is 4. The van der Waals surface area contributed by atoms with Crippen molar-refractivity contribution < 1.29 is 21.4 Å². The Labute approximate surface area is 144 Å². The second-order valence-corrected chi connectivity index (χ2v) is 6.68. The molecule has 4 rings (SSSR count). The standard InChI is InChI=1S/C17H20N4O4/c1-8-4-9(2)20-14-12-10(8)5-21(15(12)19-7-18-14)16-17(3,24)13(23)11(6-22)25-16/h4-5,7,11,13,16,22-24H,2,6H2,1,3H3,(H,18,19,20)/t11-,13-,16-,17?/m1/s1/i7T. The summed E-state index contributed by atoms with van der Waals surface area (Å²) in [6, 6.07) is 1.85. The second kappa shape index (κ2) is 5.37. The molecule has 0 saturated carbocycles. The lowest BCUT2D eigenvalue weighted by atomic mass is 9.96. The maximum absolute atomic E-state index is 10.8. The van der Waals surface area contributed by atoms with Gasteiger partial charge in [-0.05, 0) is 25.5 Å². The van der Waals surface area contributed by atoms with Crippen LogP contribution in [0.3, 0.4) is 0 Å². The summed E-state index contributed by atoms with van der Waals surface area (Å²) >= 11 is 0. The van der Waals surface area contributed by atoms with Crippen LogP contribution in [0.4, 0.5) is 0 Å². The number of aliphatic hydroxyl groups is 3. The van der Waals surface area contributed by atoms with Crippen LogP contribution in [0.1, 0.15) is 20.1 Å². The highest BCUT2D eigenvalue weighted by Crippen LogP contribution is 2.41. The minimum absolute atomic E-state index is 0.199.